The van der Waals surface area contributed by atoms with Crippen molar-refractivity contribution in [1.29, 1.82) is 0 Å². The zero-order valence-electron chi connectivity index (χ0n) is 9.73. The molecule has 0 saturated carbocycles. The Morgan fingerprint density at radius 2 is 2.00 bits per heavy atom. The number of H-pyrrole nitrogens is 1. The van der Waals surface area contributed by atoms with Crippen molar-refractivity contribution in [2.24, 2.45) is 0 Å². The summed E-state index contributed by atoms with van der Waals surface area (Å²) in [6.45, 7) is 2.18. The first-order chi connectivity index (χ1) is 8.19. The summed E-state index contributed by atoms with van der Waals surface area (Å²) in [5.74, 6) is 0.446. The molecule has 1 aromatic carbocycles. The van der Waals surface area contributed by atoms with E-state index in [0.717, 1.165) is 24.1 Å². The number of aromatic amines is 1. The number of aryl methyl sites for hydroxylation is 1. The molecule has 1 heterocycles. The molecule has 0 unspecified atom stereocenters. The number of nitrogen functional groups attached to an aromatic ring is 1. The molecule has 2 aromatic rings. The van der Waals surface area contributed by atoms with Crippen molar-refractivity contribution in [2.75, 3.05) is 5.73 Å². The Labute approximate surface area is 106 Å². The van der Waals surface area contributed by atoms with E-state index in [0.29, 0.717) is 10.6 Å². The standard InChI is InChI=1S/C13H15N3S/c1-2-3-9-4-6-10(7-5-9)11-8-12(14)16-13(17)15-11/h4-8H,2-3H2,1H3,(H3,14,15,16,17). The topological polar surface area (TPSA) is 54.7 Å². The van der Waals surface area contributed by atoms with Gasteiger partial charge in [0.05, 0.1) is 5.69 Å². The minimum atomic E-state index is 0.414. The Balaban J connectivity index is 2.36. The SMILES string of the molecule is CCCc1ccc(-c2cc(N)nc(=S)[nH]2)cc1. The van der Waals surface area contributed by atoms with Crippen LogP contribution in [0.4, 0.5) is 5.82 Å². The highest BCUT2D eigenvalue weighted by Gasteiger charge is 2.00. The van der Waals surface area contributed by atoms with Gasteiger partial charge in [-0.15, -0.1) is 0 Å². The maximum absolute atomic E-state index is 5.68. The zero-order valence-corrected chi connectivity index (χ0v) is 10.6. The van der Waals surface area contributed by atoms with Crippen LogP contribution in [-0.2, 0) is 6.42 Å². The lowest BCUT2D eigenvalue weighted by atomic mass is 10.1. The summed E-state index contributed by atoms with van der Waals surface area (Å²) >= 11 is 5.01. The minimum absolute atomic E-state index is 0.414. The summed E-state index contributed by atoms with van der Waals surface area (Å²) < 4.78 is 0.414. The van der Waals surface area contributed by atoms with Crippen LogP contribution in [0.25, 0.3) is 11.3 Å². The van der Waals surface area contributed by atoms with E-state index in [1.165, 1.54) is 5.56 Å². The van der Waals surface area contributed by atoms with Gasteiger partial charge in [-0.3, -0.25) is 0 Å². The van der Waals surface area contributed by atoms with Crippen molar-refractivity contribution in [1.82, 2.24) is 9.97 Å². The lowest BCUT2D eigenvalue weighted by molar-refractivity contribution is 0.922. The first-order valence-corrected chi connectivity index (χ1v) is 6.06. The summed E-state index contributed by atoms with van der Waals surface area (Å²) in [7, 11) is 0. The van der Waals surface area contributed by atoms with Crippen molar-refractivity contribution in [2.45, 2.75) is 19.8 Å². The van der Waals surface area contributed by atoms with E-state index in [4.69, 9.17) is 18.0 Å². The molecule has 0 aliphatic heterocycles. The number of hydrogen-bond acceptors (Lipinski definition) is 3. The van der Waals surface area contributed by atoms with E-state index in [9.17, 15) is 0 Å². The molecule has 17 heavy (non-hydrogen) atoms. The first kappa shape index (κ1) is 11.8. The number of nitrogens with two attached hydrogens (primary N) is 1. The van der Waals surface area contributed by atoms with Crippen LogP contribution in [-0.4, -0.2) is 9.97 Å². The number of anilines is 1. The molecule has 0 aliphatic rings. The Morgan fingerprint density at radius 1 is 1.29 bits per heavy atom. The predicted molar refractivity (Wildman–Crippen MR) is 73.3 cm³/mol. The molecule has 4 heteroatoms. The van der Waals surface area contributed by atoms with Gasteiger partial charge in [0.15, 0.2) is 4.77 Å². The average molecular weight is 245 g/mol. The molecule has 1 aromatic heterocycles. The summed E-state index contributed by atoms with van der Waals surface area (Å²) in [4.78, 5) is 6.98. The van der Waals surface area contributed by atoms with Crippen LogP contribution < -0.4 is 5.73 Å². The van der Waals surface area contributed by atoms with Crippen LogP contribution in [0.3, 0.4) is 0 Å². The fourth-order valence-corrected chi connectivity index (χ4v) is 1.99. The number of aromatic nitrogens is 2. The summed E-state index contributed by atoms with van der Waals surface area (Å²) in [5.41, 5.74) is 9.00. The van der Waals surface area contributed by atoms with Crippen molar-refractivity contribution < 1.29 is 0 Å². The fourth-order valence-electron chi connectivity index (χ4n) is 1.77. The van der Waals surface area contributed by atoms with Crippen molar-refractivity contribution in [3.8, 4) is 11.3 Å². The van der Waals surface area contributed by atoms with Gasteiger partial charge in [-0.05, 0) is 29.8 Å². The Kier molecular flexibility index (Phi) is 3.54. The molecule has 3 N–H and O–H groups in total. The van der Waals surface area contributed by atoms with Crippen LogP contribution in [0.1, 0.15) is 18.9 Å². The van der Waals surface area contributed by atoms with Gasteiger partial charge in [0.2, 0.25) is 0 Å². The quantitative estimate of drug-likeness (QED) is 0.815. The van der Waals surface area contributed by atoms with Gasteiger partial charge in [-0.25, -0.2) is 4.98 Å². The molecule has 0 fully saturated rings. The maximum Gasteiger partial charge on any atom is 0.199 e. The van der Waals surface area contributed by atoms with Gasteiger partial charge in [0.25, 0.3) is 0 Å². The second-order valence-electron chi connectivity index (χ2n) is 3.97. The third-order valence-corrected chi connectivity index (χ3v) is 2.76. The fraction of sp³-hybridized carbons (Fsp3) is 0.231. The second kappa shape index (κ2) is 5.10. The smallest absolute Gasteiger partial charge is 0.199 e. The van der Waals surface area contributed by atoms with Crippen LogP contribution in [0.15, 0.2) is 30.3 Å². The van der Waals surface area contributed by atoms with Gasteiger partial charge in [0.1, 0.15) is 5.82 Å². The number of nitrogens with one attached hydrogen (secondary N) is 1. The Hall–Kier alpha value is -1.68. The number of nitrogens with zero attached hydrogens (tertiary/aromatic N) is 1. The van der Waals surface area contributed by atoms with Gasteiger partial charge >= 0.3 is 0 Å². The third kappa shape index (κ3) is 2.91. The monoisotopic (exact) mass is 245 g/mol. The van der Waals surface area contributed by atoms with Gasteiger partial charge in [-0.1, -0.05) is 37.6 Å². The second-order valence-corrected chi connectivity index (χ2v) is 4.36. The van der Waals surface area contributed by atoms with Crippen LogP contribution in [0, 0.1) is 4.77 Å². The van der Waals surface area contributed by atoms with E-state index in [2.05, 4.69) is 41.2 Å². The van der Waals surface area contributed by atoms with Crippen molar-refractivity contribution in [3.05, 3.63) is 40.7 Å². The molecular weight excluding hydrogens is 230 g/mol. The Bertz CT molecular complexity index is 558. The highest BCUT2D eigenvalue weighted by atomic mass is 32.1. The summed E-state index contributed by atoms with van der Waals surface area (Å²) in [6, 6.07) is 10.2. The molecule has 88 valence electrons. The lowest BCUT2D eigenvalue weighted by Gasteiger charge is -2.04. The average Bonchev–Trinajstić information content (AvgIpc) is 2.29. The molecule has 0 atom stereocenters. The highest BCUT2D eigenvalue weighted by Crippen LogP contribution is 2.19. The van der Waals surface area contributed by atoms with Gasteiger partial charge in [-0.2, -0.15) is 0 Å². The van der Waals surface area contributed by atoms with E-state index in [-0.39, 0.29) is 0 Å². The zero-order chi connectivity index (χ0) is 12.3. The molecule has 0 amide bonds. The summed E-state index contributed by atoms with van der Waals surface area (Å²) in [6.07, 6.45) is 2.26. The molecule has 3 nitrogen and oxygen atoms in total. The third-order valence-electron chi connectivity index (χ3n) is 2.57. The minimum Gasteiger partial charge on any atom is -0.384 e. The molecule has 0 radical (unpaired) electrons. The van der Waals surface area contributed by atoms with E-state index >= 15 is 0 Å². The summed E-state index contributed by atoms with van der Waals surface area (Å²) in [5, 5.41) is 0. The molecule has 2 rings (SSSR count). The van der Waals surface area contributed by atoms with Crippen LogP contribution in [0.2, 0.25) is 0 Å². The van der Waals surface area contributed by atoms with Gasteiger partial charge < -0.3 is 10.7 Å². The molecular formula is C13H15N3S. The van der Waals surface area contributed by atoms with Crippen molar-refractivity contribution >= 4 is 18.0 Å². The molecule has 0 aliphatic carbocycles. The molecule has 0 spiro atoms. The van der Waals surface area contributed by atoms with E-state index in [1.807, 2.05) is 0 Å². The first-order valence-electron chi connectivity index (χ1n) is 5.65. The molecule has 0 bridgehead atoms. The largest absolute Gasteiger partial charge is 0.384 e. The normalized spacial score (nSPS) is 10.4. The van der Waals surface area contributed by atoms with Crippen LogP contribution in [0.5, 0.6) is 0 Å². The maximum atomic E-state index is 5.68. The van der Waals surface area contributed by atoms with Gasteiger partial charge in [0, 0.05) is 6.07 Å². The highest BCUT2D eigenvalue weighted by molar-refractivity contribution is 7.71. The number of hydrogen-bond donors (Lipinski definition) is 2. The van der Waals surface area contributed by atoms with E-state index < -0.39 is 0 Å². The predicted octanol–water partition coefficient (Wildman–Crippen LogP) is 3.34. The lowest BCUT2D eigenvalue weighted by Crippen LogP contribution is -1.94. The molecule has 0 saturated heterocycles. The van der Waals surface area contributed by atoms with E-state index in [1.54, 1.807) is 6.07 Å². The number of benzene rings is 1. The van der Waals surface area contributed by atoms with Crippen molar-refractivity contribution in [3.63, 3.8) is 0 Å². The number of rotatable bonds is 3. The van der Waals surface area contributed by atoms with Crippen LogP contribution >= 0.6 is 12.2 Å². The Morgan fingerprint density at radius 3 is 2.59 bits per heavy atom.